The third kappa shape index (κ3) is 3.80. The average Bonchev–Trinajstić information content (AvgIpc) is 2.91. The fourth-order valence-electron chi connectivity index (χ4n) is 3.25. The first-order valence-electron chi connectivity index (χ1n) is 7.78. The van der Waals surface area contributed by atoms with Crippen LogP contribution < -0.4 is 10.6 Å². The van der Waals surface area contributed by atoms with Crippen LogP contribution >= 0.6 is 35.6 Å². The van der Waals surface area contributed by atoms with Gasteiger partial charge in [0, 0.05) is 31.4 Å². The number of benzene rings is 1. The summed E-state index contributed by atoms with van der Waals surface area (Å²) in [6.45, 7) is 1.73. The quantitative estimate of drug-likeness (QED) is 0.787. The molecule has 2 amide bonds. The summed E-state index contributed by atoms with van der Waals surface area (Å²) in [6.07, 6.45) is 2.34. The lowest BCUT2D eigenvalue weighted by Crippen LogP contribution is -2.49. The maximum absolute atomic E-state index is 12.6. The van der Waals surface area contributed by atoms with Crippen LogP contribution in [0.5, 0.6) is 0 Å². The van der Waals surface area contributed by atoms with E-state index < -0.39 is 5.92 Å². The van der Waals surface area contributed by atoms with Gasteiger partial charge in [0.05, 0.1) is 10.0 Å². The van der Waals surface area contributed by atoms with Crippen molar-refractivity contribution in [2.45, 2.75) is 25.3 Å². The lowest BCUT2D eigenvalue weighted by atomic mass is 10.0. The minimum atomic E-state index is -0.616. The monoisotopic (exact) mass is 391 g/mol. The maximum Gasteiger partial charge on any atom is 0.239 e. The second-order valence-electron chi connectivity index (χ2n) is 6.12. The van der Waals surface area contributed by atoms with Crippen LogP contribution in [-0.4, -0.2) is 42.4 Å². The Labute approximate surface area is 157 Å². The summed E-state index contributed by atoms with van der Waals surface area (Å²) in [7, 11) is 0. The molecular formula is C16H20Cl3N3O2. The first-order chi connectivity index (χ1) is 11.0. The standard InChI is InChI=1S/C16H19Cl2N3O2.ClH/c17-13-4-3-11(8-14(13)18)21-7-5-12(16(21)23)15(22)20-6-1-2-10(19)9-20;/h3-4,8,10,12H,1-2,5-7,9,19H2;1H. The van der Waals surface area contributed by atoms with E-state index in [1.807, 2.05) is 0 Å². The zero-order valence-corrected chi connectivity index (χ0v) is 15.4. The predicted molar refractivity (Wildman–Crippen MR) is 98.0 cm³/mol. The molecule has 0 aromatic heterocycles. The number of halogens is 3. The van der Waals surface area contributed by atoms with Crippen molar-refractivity contribution in [3.63, 3.8) is 0 Å². The van der Waals surface area contributed by atoms with Gasteiger partial charge in [0.1, 0.15) is 5.92 Å². The van der Waals surface area contributed by atoms with Crippen molar-refractivity contribution in [3.8, 4) is 0 Å². The predicted octanol–water partition coefficient (Wildman–Crippen LogP) is 2.72. The fraction of sp³-hybridized carbons (Fsp3) is 0.500. The van der Waals surface area contributed by atoms with Gasteiger partial charge in [0.25, 0.3) is 0 Å². The molecule has 2 heterocycles. The van der Waals surface area contributed by atoms with E-state index in [1.165, 1.54) is 0 Å². The molecular weight excluding hydrogens is 373 g/mol. The Kier molecular flexibility index (Phi) is 6.37. The Morgan fingerprint density at radius 2 is 1.92 bits per heavy atom. The minimum Gasteiger partial charge on any atom is -0.340 e. The molecule has 0 radical (unpaired) electrons. The highest BCUT2D eigenvalue weighted by molar-refractivity contribution is 6.42. The normalized spacial score (nSPS) is 24.0. The number of likely N-dealkylation sites (tertiary alicyclic amines) is 1. The van der Waals surface area contributed by atoms with Gasteiger partial charge in [0.15, 0.2) is 0 Å². The summed E-state index contributed by atoms with van der Waals surface area (Å²) >= 11 is 11.9. The Morgan fingerprint density at radius 3 is 2.58 bits per heavy atom. The molecule has 2 unspecified atom stereocenters. The van der Waals surface area contributed by atoms with E-state index in [4.69, 9.17) is 28.9 Å². The number of carbonyl (C=O) groups excluding carboxylic acids is 2. The van der Waals surface area contributed by atoms with Crippen LogP contribution in [-0.2, 0) is 9.59 Å². The van der Waals surface area contributed by atoms with Gasteiger partial charge < -0.3 is 15.5 Å². The third-order valence-corrected chi connectivity index (χ3v) is 5.23. The summed E-state index contributed by atoms with van der Waals surface area (Å²) in [5.74, 6) is -0.894. The van der Waals surface area contributed by atoms with Crippen molar-refractivity contribution in [1.29, 1.82) is 0 Å². The molecule has 2 N–H and O–H groups in total. The van der Waals surface area contributed by atoms with Gasteiger partial charge in [-0.1, -0.05) is 23.2 Å². The van der Waals surface area contributed by atoms with Crippen LogP contribution in [0.2, 0.25) is 10.0 Å². The minimum absolute atomic E-state index is 0. The average molecular weight is 393 g/mol. The van der Waals surface area contributed by atoms with Crippen molar-refractivity contribution in [1.82, 2.24) is 4.90 Å². The number of hydrogen-bond donors (Lipinski definition) is 1. The first kappa shape index (κ1) is 19.3. The number of nitrogens with two attached hydrogens (primary N) is 1. The molecule has 8 heteroatoms. The lowest BCUT2D eigenvalue weighted by Gasteiger charge is -2.32. The molecule has 1 aromatic rings. The van der Waals surface area contributed by atoms with Gasteiger partial charge >= 0.3 is 0 Å². The van der Waals surface area contributed by atoms with E-state index >= 15 is 0 Å². The molecule has 2 saturated heterocycles. The lowest BCUT2D eigenvalue weighted by molar-refractivity contribution is -0.140. The largest absolute Gasteiger partial charge is 0.340 e. The van der Waals surface area contributed by atoms with Crippen molar-refractivity contribution >= 4 is 53.1 Å². The smallest absolute Gasteiger partial charge is 0.239 e. The number of rotatable bonds is 2. The molecule has 0 saturated carbocycles. The molecule has 132 valence electrons. The van der Waals surface area contributed by atoms with Gasteiger partial charge in [-0.2, -0.15) is 0 Å². The summed E-state index contributed by atoms with van der Waals surface area (Å²) in [4.78, 5) is 28.6. The summed E-state index contributed by atoms with van der Waals surface area (Å²) in [5, 5.41) is 0.839. The Hall–Kier alpha value is -1.01. The number of carbonyl (C=O) groups is 2. The van der Waals surface area contributed by atoms with Crippen molar-refractivity contribution < 1.29 is 9.59 Å². The highest BCUT2D eigenvalue weighted by Gasteiger charge is 2.40. The molecule has 0 bridgehead atoms. The molecule has 2 aliphatic rings. The zero-order valence-electron chi connectivity index (χ0n) is 13.1. The summed E-state index contributed by atoms with van der Waals surface area (Å²) < 4.78 is 0. The Balaban J connectivity index is 0.00000208. The molecule has 0 aliphatic carbocycles. The highest BCUT2D eigenvalue weighted by Crippen LogP contribution is 2.31. The molecule has 0 spiro atoms. The molecule has 3 rings (SSSR count). The van der Waals surface area contributed by atoms with E-state index in [2.05, 4.69) is 0 Å². The van der Waals surface area contributed by atoms with Crippen molar-refractivity contribution in [2.24, 2.45) is 11.7 Å². The second kappa shape index (κ2) is 7.91. The fourth-order valence-corrected chi connectivity index (χ4v) is 3.54. The van der Waals surface area contributed by atoms with Crippen LogP contribution in [0.4, 0.5) is 5.69 Å². The molecule has 2 atom stereocenters. The maximum atomic E-state index is 12.6. The van der Waals surface area contributed by atoms with Gasteiger partial charge in [-0.15, -0.1) is 12.4 Å². The second-order valence-corrected chi connectivity index (χ2v) is 6.93. The summed E-state index contributed by atoms with van der Waals surface area (Å²) in [6, 6.07) is 5.07. The van der Waals surface area contributed by atoms with Crippen LogP contribution in [0, 0.1) is 5.92 Å². The third-order valence-electron chi connectivity index (χ3n) is 4.49. The van der Waals surface area contributed by atoms with E-state index in [9.17, 15) is 9.59 Å². The van der Waals surface area contributed by atoms with Gasteiger partial charge in [-0.05, 0) is 37.5 Å². The van der Waals surface area contributed by atoms with Crippen molar-refractivity contribution in [2.75, 3.05) is 24.5 Å². The highest BCUT2D eigenvalue weighted by atomic mass is 35.5. The molecule has 1 aromatic carbocycles. The molecule has 2 aliphatic heterocycles. The van der Waals surface area contributed by atoms with Crippen molar-refractivity contribution in [3.05, 3.63) is 28.2 Å². The SMILES string of the molecule is Cl.NC1CCCN(C(=O)C2CCN(c3ccc(Cl)c(Cl)c3)C2=O)C1. The Bertz CT molecular complexity index is 641. The molecule has 24 heavy (non-hydrogen) atoms. The van der Waals surface area contributed by atoms with E-state index in [0.29, 0.717) is 41.8 Å². The van der Waals surface area contributed by atoms with Crippen LogP contribution in [0.25, 0.3) is 0 Å². The molecule has 2 fully saturated rings. The van der Waals surface area contributed by atoms with Gasteiger partial charge in [0.2, 0.25) is 11.8 Å². The zero-order chi connectivity index (χ0) is 16.6. The van der Waals surface area contributed by atoms with E-state index in [-0.39, 0.29) is 30.3 Å². The number of hydrogen-bond acceptors (Lipinski definition) is 3. The topological polar surface area (TPSA) is 66.6 Å². The van der Waals surface area contributed by atoms with E-state index in [1.54, 1.807) is 28.0 Å². The summed E-state index contributed by atoms with van der Waals surface area (Å²) in [5.41, 5.74) is 6.60. The molecule has 5 nitrogen and oxygen atoms in total. The number of nitrogens with zero attached hydrogens (tertiary/aromatic N) is 2. The number of piperidine rings is 1. The van der Waals surface area contributed by atoms with Gasteiger partial charge in [-0.25, -0.2) is 0 Å². The number of anilines is 1. The van der Waals surface area contributed by atoms with Crippen LogP contribution in [0.3, 0.4) is 0 Å². The Morgan fingerprint density at radius 1 is 1.17 bits per heavy atom. The van der Waals surface area contributed by atoms with Crippen LogP contribution in [0.15, 0.2) is 18.2 Å². The first-order valence-corrected chi connectivity index (χ1v) is 8.54. The van der Waals surface area contributed by atoms with Gasteiger partial charge in [-0.3, -0.25) is 9.59 Å². The number of amides is 2. The van der Waals surface area contributed by atoms with Crippen LogP contribution in [0.1, 0.15) is 19.3 Å². The van der Waals surface area contributed by atoms with E-state index in [0.717, 1.165) is 12.8 Å².